The molecule has 1 aliphatic carbocycles. The van der Waals surface area contributed by atoms with Crippen LogP contribution in [0.5, 0.6) is 0 Å². The number of carboxylic acids is 1. The largest absolute Gasteiger partial charge is 0.480 e. The standard InChI is InChI=1S/C15H19N5O4/c16-9(14(21)22)8-17-10-4-5-11(20(23)24)13-12(10)18-15(19-13)6-2-1-3-7-15/h4-5,9,17H,1-3,6-8,16H2,(H,21,22). The van der Waals surface area contributed by atoms with Gasteiger partial charge in [0.1, 0.15) is 11.4 Å². The fourth-order valence-corrected chi connectivity index (χ4v) is 3.17. The number of hydrogen-bond donors (Lipinski definition) is 3. The van der Waals surface area contributed by atoms with Crippen LogP contribution in [0.2, 0.25) is 0 Å². The molecule has 1 saturated carbocycles. The zero-order valence-corrected chi connectivity index (χ0v) is 13.1. The molecule has 0 bridgehead atoms. The molecular formula is C15H19N5O4. The summed E-state index contributed by atoms with van der Waals surface area (Å²) < 4.78 is 0. The van der Waals surface area contributed by atoms with Gasteiger partial charge in [-0.3, -0.25) is 19.9 Å². The van der Waals surface area contributed by atoms with Crippen LogP contribution in [0.3, 0.4) is 0 Å². The lowest BCUT2D eigenvalue weighted by Crippen LogP contribution is -2.38. The third-order valence-electron chi connectivity index (χ3n) is 4.45. The minimum Gasteiger partial charge on any atom is -0.480 e. The molecule has 1 aromatic rings. The number of fused-ring (bicyclic) bond motifs is 1. The van der Waals surface area contributed by atoms with E-state index in [2.05, 4.69) is 15.3 Å². The smallest absolute Gasteiger partial charge is 0.322 e. The van der Waals surface area contributed by atoms with Gasteiger partial charge >= 0.3 is 5.97 Å². The van der Waals surface area contributed by atoms with Crippen LogP contribution in [0.25, 0.3) is 0 Å². The number of benzene rings is 1. The number of carboxylic acid groups (broad SMARTS) is 1. The first-order valence-electron chi connectivity index (χ1n) is 7.91. The van der Waals surface area contributed by atoms with Crippen molar-refractivity contribution in [1.82, 2.24) is 0 Å². The number of aliphatic carboxylic acids is 1. The van der Waals surface area contributed by atoms with Gasteiger partial charge in [0, 0.05) is 12.6 Å². The highest BCUT2D eigenvalue weighted by atomic mass is 16.6. The van der Waals surface area contributed by atoms with Gasteiger partial charge in [-0.15, -0.1) is 0 Å². The Hall–Kier alpha value is -2.55. The first-order valence-corrected chi connectivity index (χ1v) is 7.91. The van der Waals surface area contributed by atoms with Gasteiger partial charge in [0.15, 0.2) is 11.0 Å². The highest BCUT2D eigenvalue weighted by Crippen LogP contribution is 2.33. The van der Waals surface area contributed by atoms with E-state index in [9.17, 15) is 14.9 Å². The molecule has 24 heavy (non-hydrogen) atoms. The summed E-state index contributed by atoms with van der Waals surface area (Å²) in [7, 11) is 0. The minimum atomic E-state index is -1.12. The fourth-order valence-electron chi connectivity index (χ4n) is 3.17. The number of anilines is 1. The van der Waals surface area contributed by atoms with Crippen molar-refractivity contribution in [3.63, 3.8) is 0 Å². The molecule has 0 amide bonds. The Morgan fingerprint density at radius 1 is 1.33 bits per heavy atom. The summed E-state index contributed by atoms with van der Waals surface area (Å²) in [6.45, 7) is 0.00209. The second kappa shape index (κ2) is 6.16. The Balaban J connectivity index is 2.02. The number of non-ortho nitro benzene ring substituents is 1. The van der Waals surface area contributed by atoms with E-state index in [0.717, 1.165) is 32.1 Å². The van der Waals surface area contributed by atoms with E-state index in [1.807, 2.05) is 0 Å². The average Bonchev–Trinajstić information content (AvgIpc) is 2.90. The Morgan fingerprint density at radius 2 is 2.00 bits per heavy atom. The highest BCUT2D eigenvalue weighted by Gasteiger charge is 2.35. The van der Waals surface area contributed by atoms with Crippen molar-refractivity contribution in [3.05, 3.63) is 33.0 Å². The molecule has 1 heterocycles. The first kappa shape index (κ1) is 16.3. The minimum absolute atomic E-state index is 0.00209. The maximum Gasteiger partial charge on any atom is 0.322 e. The van der Waals surface area contributed by atoms with Crippen LogP contribution in [0.4, 0.5) is 11.4 Å². The predicted octanol–water partition coefficient (Wildman–Crippen LogP) is 0.332. The Morgan fingerprint density at radius 3 is 2.62 bits per heavy atom. The van der Waals surface area contributed by atoms with Crippen molar-refractivity contribution < 1.29 is 14.8 Å². The van der Waals surface area contributed by atoms with E-state index >= 15 is 0 Å². The van der Waals surface area contributed by atoms with Crippen LogP contribution >= 0.6 is 0 Å². The number of hydrogen-bond acceptors (Lipinski definition) is 7. The predicted molar refractivity (Wildman–Crippen MR) is 85.3 cm³/mol. The highest BCUT2D eigenvalue weighted by molar-refractivity contribution is 5.74. The molecule has 0 aromatic heterocycles. The molecule has 0 radical (unpaired) electrons. The number of nitro benzene ring substituents is 1. The van der Waals surface area contributed by atoms with Gasteiger partial charge in [0.05, 0.1) is 10.6 Å². The number of rotatable bonds is 5. The molecule has 128 valence electrons. The van der Waals surface area contributed by atoms with Gasteiger partial charge in [-0.1, -0.05) is 6.42 Å². The summed E-state index contributed by atoms with van der Waals surface area (Å²) in [6, 6.07) is 1.83. The summed E-state index contributed by atoms with van der Waals surface area (Å²) in [5.74, 6) is -1.12. The van der Waals surface area contributed by atoms with Crippen LogP contribution in [-0.4, -0.2) is 34.2 Å². The molecule has 1 aliphatic heterocycles. The molecule has 4 N–H and O–H groups in total. The maximum atomic E-state index is 11.3. The van der Waals surface area contributed by atoms with Crippen LogP contribution in [-0.2, 0) is 4.79 Å². The molecular weight excluding hydrogens is 314 g/mol. The summed E-state index contributed by atoms with van der Waals surface area (Å²) in [6.07, 6.45) is 4.63. The third-order valence-corrected chi connectivity index (χ3v) is 4.45. The van der Waals surface area contributed by atoms with Crippen LogP contribution in [0, 0.1) is 10.1 Å². The lowest BCUT2D eigenvalue weighted by Gasteiger charge is -2.27. The van der Waals surface area contributed by atoms with Crippen molar-refractivity contribution in [2.24, 2.45) is 15.7 Å². The third kappa shape index (κ3) is 2.94. The normalized spacial score (nSPS) is 19.0. The first-order chi connectivity index (χ1) is 11.4. The van der Waals surface area contributed by atoms with E-state index in [1.54, 1.807) is 0 Å². The topological polar surface area (TPSA) is 143 Å². The molecule has 1 aromatic carbocycles. The lowest BCUT2D eigenvalue weighted by atomic mass is 9.90. The summed E-state index contributed by atoms with van der Waals surface area (Å²) in [5.41, 5.74) is 5.33. The average molecular weight is 333 g/mol. The molecule has 9 nitrogen and oxygen atoms in total. The quantitative estimate of drug-likeness (QED) is 0.523. The SMILES string of the molecule is NC(CNc1ccc([N+](=O)[O-])c2c1=NC1(CCCCC1)N=2)C(=O)O. The van der Waals surface area contributed by atoms with Gasteiger partial charge in [-0.25, -0.2) is 4.99 Å². The molecule has 1 spiro atoms. The zero-order valence-electron chi connectivity index (χ0n) is 13.1. The van der Waals surface area contributed by atoms with Crippen molar-refractivity contribution >= 4 is 17.3 Å². The Labute approximate surface area is 137 Å². The second-order valence-corrected chi connectivity index (χ2v) is 6.18. The maximum absolute atomic E-state index is 11.3. The van der Waals surface area contributed by atoms with E-state index in [1.165, 1.54) is 12.1 Å². The lowest BCUT2D eigenvalue weighted by molar-refractivity contribution is -0.386. The van der Waals surface area contributed by atoms with Gasteiger partial charge < -0.3 is 16.2 Å². The van der Waals surface area contributed by atoms with Crippen molar-refractivity contribution in [2.75, 3.05) is 11.9 Å². The van der Waals surface area contributed by atoms with Crippen LogP contribution in [0.15, 0.2) is 22.1 Å². The van der Waals surface area contributed by atoms with Gasteiger partial charge in [0.25, 0.3) is 5.69 Å². The van der Waals surface area contributed by atoms with E-state index in [0.29, 0.717) is 11.0 Å². The van der Waals surface area contributed by atoms with Gasteiger partial charge in [-0.05, 0) is 31.7 Å². The summed E-state index contributed by atoms with van der Waals surface area (Å²) in [4.78, 5) is 30.9. The number of nitrogens with zero attached hydrogens (tertiary/aromatic N) is 3. The number of carbonyl (C=O) groups is 1. The van der Waals surface area contributed by atoms with E-state index in [-0.39, 0.29) is 17.6 Å². The van der Waals surface area contributed by atoms with Crippen molar-refractivity contribution in [3.8, 4) is 0 Å². The monoisotopic (exact) mass is 333 g/mol. The Kier molecular flexibility index (Phi) is 4.18. The fraction of sp³-hybridized carbons (Fsp3) is 0.533. The van der Waals surface area contributed by atoms with Gasteiger partial charge in [-0.2, -0.15) is 0 Å². The van der Waals surface area contributed by atoms with Crippen molar-refractivity contribution in [2.45, 2.75) is 43.8 Å². The molecule has 1 atom stereocenters. The number of nitrogens with one attached hydrogen (secondary N) is 1. The summed E-state index contributed by atoms with van der Waals surface area (Å²) >= 11 is 0. The van der Waals surface area contributed by atoms with Crippen LogP contribution in [0.1, 0.15) is 32.1 Å². The molecule has 9 heteroatoms. The Bertz CT molecular complexity index is 801. The molecule has 3 rings (SSSR count). The second-order valence-electron chi connectivity index (χ2n) is 6.18. The molecule has 1 unspecified atom stereocenters. The number of nitrogens with two attached hydrogens (primary N) is 1. The number of nitro groups is 1. The van der Waals surface area contributed by atoms with E-state index < -0.39 is 22.6 Å². The van der Waals surface area contributed by atoms with Gasteiger partial charge in [0.2, 0.25) is 0 Å². The zero-order chi connectivity index (χ0) is 17.3. The van der Waals surface area contributed by atoms with E-state index in [4.69, 9.17) is 10.8 Å². The molecule has 2 aliphatic rings. The molecule has 0 saturated heterocycles. The van der Waals surface area contributed by atoms with Crippen molar-refractivity contribution in [1.29, 1.82) is 0 Å². The summed E-state index contributed by atoms with van der Waals surface area (Å²) in [5, 5.41) is 23.8. The molecule has 1 fully saturated rings. The van der Waals surface area contributed by atoms with Crippen LogP contribution < -0.4 is 21.8 Å².